The van der Waals surface area contributed by atoms with Gasteiger partial charge in [-0.05, 0) is 41.8 Å². The van der Waals surface area contributed by atoms with Gasteiger partial charge in [-0.1, -0.05) is 31.1 Å². The molecule has 8 nitrogen and oxygen atoms in total. The Morgan fingerprint density at radius 3 is 2.79 bits per heavy atom. The molecule has 0 unspecified atom stereocenters. The summed E-state index contributed by atoms with van der Waals surface area (Å²) in [7, 11) is 1.66. The second-order valence-electron chi connectivity index (χ2n) is 9.17. The van der Waals surface area contributed by atoms with Gasteiger partial charge in [0.05, 0.1) is 25.5 Å². The van der Waals surface area contributed by atoms with Crippen LogP contribution in [0, 0.1) is 5.92 Å². The molecule has 0 fully saturated rings. The quantitative estimate of drug-likeness (QED) is 0.509. The molecule has 34 heavy (non-hydrogen) atoms. The molecular weight excluding hydrogens is 436 g/mol. The molecule has 0 radical (unpaired) electrons. The van der Waals surface area contributed by atoms with E-state index in [4.69, 9.17) is 23.8 Å². The molecule has 0 saturated carbocycles. The highest BCUT2D eigenvalue weighted by molar-refractivity contribution is 6.01. The Morgan fingerprint density at radius 1 is 1.12 bits per heavy atom. The fourth-order valence-corrected chi connectivity index (χ4v) is 4.08. The van der Waals surface area contributed by atoms with Crippen LogP contribution in [0.2, 0.25) is 0 Å². The van der Waals surface area contributed by atoms with Gasteiger partial charge in [-0.2, -0.15) is 0 Å². The van der Waals surface area contributed by atoms with Crippen LogP contribution in [0.1, 0.15) is 31.4 Å². The molecule has 0 aliphatic carbocycles. The molecule has 4 rings (SSSR count). The van der Waals surface area contributed by atoms with Gasteiger partial charge in [0, 0.05) is 38.2 Å². The second-order valence-corrected chi connectivity index (χ2v) is 9.17. The molecule has 0 aromatic heterocycles. The van der Waals surface area contributed by atoms with E-state index in [1.54, 1.807) is 7.11 Å². The molecule has 0 bridgehead atoms. The summed E-state index contributed by atoms with van der Waals surface area (Å²) < 4.78 is 21.9. The Kier molecular flexibility index (Phi) is 8.26. The predicted molar refractivity (Wildman–Crippen MR) is 129 cm³/mol. The van der Waals surface area contributed by atoms with Crippen molar-refractivity contribution in [3.8, 4) is 17.2 Å². The third-order valence-corrected chi connectivity index (χ3v) is 5.67. The predicted octanol–water partition coefficient (Wildman–Crippen LogP) is 3.45. The van der Waals surface area contributed by atoms with E-state index >= 15 is 0 Å². The number of benzene rings is 2. The van der Waals surface area contributed by atoms with E-state index in [-0.39, 0.29) is 12.9 Å². The molecular formula is C26H34N2O6. The van der Waals surface area contributed by atoms with Gasteiger partial charge in [0.2, 0.25) is 6.79 Å². The number of rotatable bonds is 12. The van der Waals surface area contributed by atoms with E-state index in [1.165, 1.54) is 0 Å². The van der Waals surface area contributed by atoms with Crippen LogP contribution < -0.4 is 14.2 Å². The standard InChI is InChI=1S/C26H34N2O6/c1-18(2)15-31-16-21(29)13-28(12-19-5-4-6-22(9-19)30-3)14-23-11-24(27-34-23)20-7-8-25-26(10-20)33-17-32-25/h4-10,18,21,23,29H,11-17H2,1-3H3/t21-,23-/m0/s1. The minimum atomic E-state index is -0.597. The highest BCUT2D eigenvalue weighted by atomic mass is 16.7. The average molecular weight is 471 g/mol. The van der Waals surface area contributed by atoms with Crippen LogP contribution >= 0.6 is 0 Å². The Hall–Kier alpha value is -2.81. The van der Waals surface area contributed by atoms with Crippen molar-refractivity contribution >= 4 is 5.71 Å². The van der Waals surface area contributed by atoms with E-state index in [1.807, 2.05) is 36.4 Å². The summed E-state index contributed by atoms with van der Waals surface area (Å²) in [4.78, 5) is 7.96. The first-order valence-electron chi connectivity index (χ1n) is 11.7. The van der Waals surface area contributed by atoms with Gasteiger partial charge < -0.3 is 28.9 Å². The van der Waals surface area contributed by atoms with Crippen molar-refractivity contribution in [1.29, 1.82) is 0 Å². The maximum Gasteiger partial charge on any atom is 0.231 e. The fraction of sp³-hybridized carbons (Fsp3) is 0.500. The molecule has 2 atom stereocenters. The number of hydrogen-bond acceptors (Lipinski definition) is 8. The van der Waals surface area contributed by atoms with Gasteiger partial charge in [-0.3, -0.25) is 4.90 Å². The van der Waals surface area contributed by atoms with E-state index in [2.05, 4.69) is 30.0 Å². The number of aliphatic hydroxyl groups is 1. The molecule has 0 amide bonds. The van der Waals surface area contributed by atoms with E-state index in [0.29, 0.717) is 45.2 Å². The number of nitrogens with zero attached hydrogens (tertiary/aromatic N) is 2. The number of oxime groups is 1. The number of hydrogen-bond donors (Lipinski definition) is 1. The summed E-state index contributed by atoms with van der Waals surface area (Å²) in [6.07, 6.45) is -0.0383. The summed E-state index contributed by atoms with van der Waals surface area (Å²) in [5.41, 5.74) is 2.95. The first-order valence-corrected chi connectivity index (χ1v) is 11.7. The van der Waals surface area contributed by atoms with E-state index in [0.717, 1.165) is 34.1 Å². The molecule has 0 spiro atoms. The fourth-order valence-electron chi connectivity index (χ4n) is 4.08. The van der Waals surface area contributed by atoms with E-state index < -0.39 is 6.10 Å². The molecule has 1 N–H and O–H groups in total. The van der Waals surface area contributed by atoms with Crippen molar-refractivity contribution < 1.29 is 28.9 Å². The Bertz CT molecular complexity index is 980. The summed E-state index contributed by atoms with van der Waals surface area (Å²) in [5.74, 6) is 2.72. The maximum atomic E-state index is 10.6. The smallest absolute Gasteiger partial charge is 0.231 e. The van der Waals surface area contributed by atoms with E-state index in [9.17, 15) is 5.11 Å². The van der Waals surface area contributed by atoms with Crippen LogP contribution in [0.25, 0.3) is 0 Å². The largest absolute Gasteiger partial charge is 0.497 e. The molecule has 8 heteroatoms. The molecule has 2 aliphatic heterocycles. The summed E-state index contributed by atoms with van der Waals surface area (Å²) in [5, 5.41) is 15.0. The molecule has 184 valence electrons. The average Bonchev–Trinajstić information content (AvgIpc) is 3.47. The minimum Gasteiger partial charge on any atom is -0.497 e. The third-order valence-electron chi connectivity index (χ3n) is 5.67. The minimum absolute atomic E-state index is 0.116. The van der Waals surface area contributed by atoms with Gasteiger partial charge >= 0.3 is 0 Å². The van der Waals surface area contributed by atoms with Crippen molar-refractivity contribution in [2.45, 2.75) is 39.0 Å². The highest BCUT2D eigenvalue weighted by Gasteiger charge is 2.27. The zero-order valence-corrected chi connectivity index (χ0v) is 20.1. The maximum absolute atomic E-state index is 10.6. The number of ether oxygens (including phenoxy) is 4. The van der Waals surface area contributed by atoms with Crippen LogP contribution in [-0.4, -0.2) is 68.1 Å². The van der Waals surface area contributed by atoms with Crippen LogP contribution in [0.15, 0.2) is 47.6 Å². The lowest BCUT2D eigenvalue weighted by Gasteiger charge is -2.27. The van der Waals surface area contributed by atoms with Crippen molar-refractivity contribution in [3.63, 3.8) is 0 Å². The lowest BCUT2D eigenvalue weighted by molar-refractivity contribution is -0.00735. The molecule has 2 aromatic rings. The van der Waals surface area contributed by atoms with Gasteiger partial charge in [-0.25, -0.2) is 0 Å². The Labute approximate surface area is 201 Å². The monoisotopic (exact) mass is 470 g/mol. The first kappa shape index (κ1) is 24.3. The normalized spacial score (nSPS) is 17.7. The van der Waals surface area contributed by atoms with Crippen LogP contribution in [0.3, 0.4) is 0 Å². The zero-order valence-electron chi connectivity index (χ0n) is 20.1. The van der Waals surface area contributed by atoms with Crippen molar-refractivity contribution in [3.05, 3.63) is 53.6 Å². The Morgan fingerprint density at radius 2 is 1.97 bits per heavy atom. The van der Waals surface area contributed by atoms with Crippen LogP contribution in [-0.2, 0) is 16.1 Å². The summed E-state index contributed by atoms with van der Waals surface area (Å²) >= 11 is 0. The van der Waals surface area contributed by atoms with Crippen LogP contribution in [0.5, 0.6) is 17.2 Å². The summed E-state index contributed by atoms with van der Waals surface area (Å²) in [6.45, 7) is 7.10. The van der Waals surface area contributed by atoms with Crippen molar-refractivity contribution in [1.82, 2.24) is 4.90 Å². The van der Waals surface area contributed by atoms with Crippen molar-refractivity contribution in [2.75, 3.05) is 40.2 Å². The zero-order chi connectivity index (χ0) is 23.9. The first-order chi connectivity index (χ1) is 16.5. The SMILES string of the molecule is COc1cccc(CN(C[C@H](O)COCC(C)C)C[C@@H]2CC(c3ccc4c(c3)OCO4)=NO2)c1. The van der Waals surface area contributed by atoms with Crippen LogP contribution in [0.4, 0.5) is 0 Å². The molecule has 2 heterocycles. The molecule has 2 aliphatic rings. The number of fused-ring (bicyclic) bond motifs is 1. The lowest BCUT2D eigenvalue weighted by atomic mass is 10.0. The van der Waals surface area contributed by atoms with Crippen molar-refractivity contribution in [2.24, 2.45) is 11.1 Å². The number of methoxy groups -OCH3 is 1. The summed E-state index contributed by atoms with van der Waals surface area (Å²) in [6, 6.07) is 13.8. The lowest BCUT2D eigenvalue weighted by Crippen LogP contribution is -2.39. The molecule has 0 saturated heterocycles. The highest BCUT2D eigenvalue weighted by Crippen LogP contribution is 2.33. The van der Waals surface area contributed by atoms with Gasteiger partial charge in [-0.15, -0.1) is 0 Å². The second kappa shape index (κ2) is 11.6. The van der Waals surface area contributed by atoms with Gasteiger partial charge in [0.25, 0.3) is 0 Å². The van der Waals surface area contributed by atoms with Gasteiger partial charge in [0.1, 0.15) is 11.9 Å². The topological polar surface area (TPSA) is 82.0 Å². The number of aliphatic hydroxyl groups excluding tert-OH is 1. The van der Waals surface area contributed by atoms with Gasteiger partial charge in [0.15, 0.2) is 11.5 Å². The third kappa shape index (κ3) is 6.62. The Balaban J connectivity index is 1.38. The molecule has 2 aromatic carbocycles.